The summed E-state index contributed by atoms with van der Waals surface area (Å²) in [5.41, 5.74) is -0.817. The molecule has 98 valence electrons. The van der Waals surface area contributed by atoms with Crippen molar-refractivity contribution in [1.82, 2.24) is 0 Å². The molecule has 0 fully saturated rings. The first kappa shape index (κ1) is 14.4. The predicted molar refractivity (Wildman–Crippen MR) is 62.2 cm³/mol. The van der Waals surface area contributed by atoms with Crippen molar-refractivity contribution in [2.75, 3.05) is 19.5 Å². The lowest BCUT2D eigenvalue weighted by molar-refractivity contribution is -0.387. The van der Waals surface area contributed by atoms with Gasteiger partial charge in [-0.15, -0.1) is 11.8 Å². The van der Waals surface area contributed by atoms with E-state index >= 15 is 0 Å². The molecule has 1 aromatic carbocycles. The average Bonchev–Trinajstić information content (AvgIpc) is 2.35. The summed E-state index contributed by atoms with van der Waals surface area (Å²) >= 11 is 0.960. The number of nitro benzene ring substituents is 1. The van der Waals surface area contributed by atoms with Crippen LogP contribution >= 0.6 is 11.8 Å². The van der Waals surface area contributed by atoms with Crippen LogP contribution < -0.4 is 0 Å². The number of nitrogens with zero attached hydrogens (tertiary/aromatic N) is 1. The summed E-state index contributed by atoms with van der Waals surface area (Å²) in [5.74, 6) is -1.72. The minimum absolute atomic E-state index is 0.107. The second-order valence-electron chi connectivity index (χ2n) is 3.12. The minimum atomic E-state index is -1.01. The number of ether oxygens (including phenoxy) is 1. The Morgan fingerprint density at radius 2 is 2.28 bits per heavy atom. The van der Waals surface area contributed by atoms with E-state index in [1.165, 1.54) is 0 Å². The lowest BCUT2D eigenvalue weighted by atomic mass is 10.2. The quantitative estimate of drug-likeness (QED) is 0.380. The van der Waals surface area contributed by atoms with E-state index in [1.807, 2.05) is 0 Å². The zero-order valence-corrected chi connectivity index (χ0v) is 10.2. The Balaban J connectivity index is 3.26. The van der Waals surface area contributed by atoms with E-state index < -0.39 is 22.4 Å². The molecule has 1 aromatic rings. The second kappa shape index (κ2) is 6.31. The van der Waals surface area contributed by atoms with E-state index in [9.17, 15) is 19.3 Å². The van der Waals surface area contributed by atoms with Gasteiger partial charge < -0.3 is 9.84 Å². The molecule has 0 spiro atoms. The molecule has 0 saturated carbocycles. The first-order valence-corrected chi connectivity index (χ1v) is 5.79. The number of carbonyl (C=O) groups is 1. The van der Waals surface area contributed by atoms with Gasteiger partial charge in [-0.05, 0) is 6.07 Å². The van der Waals surface area contributed by atoms with Crippen LogP contribution in [0, 0.1) is 15.9 Å². The van der Waals surface area contributed by atoms with E-state index in [-0.39, 0.29) is 22.8 Å². The maximum atomic E-state index is 13.5. The summed E-state index contributed by atoms with van der Waals surface area (Å²) in [5, 5.41) is 19.4. The van der Waals surface area contributed by atoms with Crippen molar-refractivity contribution in [3.8, 4) is 0 Å². The van der Waals surface area contributed by atoms with E-state index in [4.69, 9.17) is 5.11 Å². The predicted octanol–water partition coefficient (Wildman–Crippen LogP) is 1.60. The van der Waals surface area contributed by atoms with Gasteiger partial charge in [0.1, 0.15) is 5.82 Å². The lowest BCUT2D eigenvalue weighted by Gasteiger charge is -2.06. The van der Waals surface area contributed by atoms with Crippen molar-refractivity contribution in [3.05, 3.63) is 33.6 Å². The molecular weight excluding hydrogens is 265 g/mol. The zero-order valence-electron chi connectivity index (χ0n) is 9.38. The van der Waals surface area contributed by atoms with Crippen LogP contribution in [0.4, 0.5) is 10.1 Å². The first-order chi connectivity index (χ1) is 8.51. The number of esters is 1. The Morgan fingerprint density at radius 1 is 1.61 bits per heavy atom. The second-order valence-corrected chi connectivity index (χ2v) is 4.26. The van der Waals surface area contributed by atoms with Crippen LogP contribution in [0.1, 0.15) is 10.4 Å². The standard InChI is InChI=1S/C10H10FNO5S/c1-17-10(14)6-4-9(18-3-2-13)8(12(15)16)5-7(6)11/h4-5,13H,2-3H2,1H3. The van der Waals surface area contributed by atoms with Crippen LogP contribution in [-0.4, -0.2) is 35.5 Å². The molecule has 8 heteroatoms. The molecule has 0 aromatic heterocycles. The Labute approximate surface area is 106 Å². The van der Waals surface area contributed by atoms with E-state index in [0.29, 0.717) is 6.07 Å². The number of benzene rings is 1. The van der Waals surface area contributed by atoms with Crippen LogP contribution in [0.2, 0.25) is 0 Å². The molecule has 0 saturated heterocycles. The molecule has 0 aliphatic rings. The highest BCUT2D eigenvalue weighted by molar-refractivity contribution is 7.99. The fourth-order valence-electron chi connectivity index (χ4n) is 1.22. The van der Waals surface area contributed by atoms with Crippen LogP contribution in [0.5, 0.6) is 0 Å². The average molecular weight is 275 g/mol. The van der Waals surface area contributed by atoms with E-state index in [1.54, 1.807) is 0 Å². The van der Waals surface area contributed by atoms with Gasteiger partial charge in [-0.25, -0.2) is 9.18 Å². The molecular formula is C10H10FNO5S. The molecule has 0 radical (unpaired) electrons. The van der Waals surface area contributed by atoms with Crippen LogP contribution in [0.3, 0.4) is 0 Å². The Morgan fingerprint density at radius 3 is 2.78 bits per heavy atom. The molecule has 0 bridgehead atoms. The molecule has 6 nitrogen and oxygen atoms in total. The van der Waals surface area contributed by atoms with Gasteiger partial charge in [0, 0.05) is 5.75 Å². The van der Waals surface area contributed by atoms with Crippen LogP contribution in [0.15, 0.2) is 17.0 Å². The van der Waals surface area contributed by atoms with Gasteiger partial charge in [-0.1, -0.05) is 0 Å². The number of thioether (sulfide) groups is 1. The zero-order chi connectivity index (χ0) is 13.7. The fraction of sp³-hybridized carbons (Fsp3) is 0.300. The normalized spacial score (nSPS) is 10.2. The Hall–Kier alpha value is -1.67. The summed E-state index contributed by atoms with van der Waals surface area (Å²) in [6.07, 6.45) is 0. The Kier molecular flexibility index (Phi) is 5.05. The number of methoxy groups -OCH3 is 1. The maximum absolute atomic E-state index is 13.5. The third-order valence-corrected chi connectivity index (χ3v) is 3.02. The largest absolute Gasteiger partial charge is 0.465 e. The molecule has 1 rings (SSSR count). The number of aliphatic hydroxyl groups is 1. The molecule has 0 aliphatic heterocycles. The van der Waals surface area contributed by atoms with Crippen molar-refractivity contribution in [2.45, 2.75) is 4.90 Å². The highest BCUT2D eigenvalue weighted by Gasteiger charge is 2.22. The number of halogens is 1. The number of carbonyl (C=O) groups excluding carboxylic acids is 1. The fourth-order valence-corrected chi connectivity index (χ4v) is 2.02. The number of aliphatic hydroxyl groups excluding tert-OH is 1. The van der Waals surface area contributed by atoms with Crippen molar-refractivity contribution in [1.29, 1.82) is 0 Å². The molecule has 1 N–H and O–H groups in total. The monoisotopic (exact) mass is 275 g/mol. The van der Waals surface area contributed by atoms with Gasteiger partial charge in [0.2, 0.25) is 0 Å². The Bertz CT molecular complexity index is 480. The number of hydrogen-bond donors (Lipinski definition) is 1. The van der Waals surface area contributed by atoms with E-state index in [0.717, 1.165) is 24.9 Å². The first-order valence-electron chi connectivity index (χ1n) is 4.81. The molecule has 18 heavy (non-hydrogen) atoms. The van der Waals surface area contributed by atoms with Crippen molar-refractivity contribution in [2.24, 2.45) is 0 Å². The molecule has 0 unspecified atom stereocenters. The van der Waals surface area contributed by atoms with Gasteiger partial charge in [0.15, 0.2) is 0 Å². The van der Waals surface area contributed by atoms with Crippen molar-refractivity contribution in [3.63, 3.8) is 0 Å². The molecule has 0 amide bonds. The van der Waals surface area contributed by atoms with Gasteiger partial charge in [0.05, 0.1) is 35.2 Å². The highest BCUT2D eigenvalue weighted by atomic mass is 32.2. The number of hydrogen-bond acceptors (Lipinski definition) is 6. The van der Waals surface area contributed by atoms with Gasteiger partial charge >= 0.3 is 5.97 Å². The topological polar surface area (TPSA) is 89.7 Å². The SMILES string of the molecule is COC(=O)c1cc(SCCO)c([N+](=O)[O-])cc1F. The van der Waals surface area contributed by atoms with Gasteiger partial charge in [-0.2, -0.15) is 0 Å². The summed E-state index contributed by atoms with van der Waals surface area (Å²) in [6, 6.07) is 1.73. The molecule has 0 aliphatic carbocycles. The van der Waals surface area contributed by atoms with E-state index in [2.05, 4.69) is 4.74 Å². The highest BCUT2D eigenvalue weighted by Crippen LogP contribution is 2.31. The van der Waals surface area contributed by atoms with Gasteiger partial charge in [-0.3, -0.25) is 10.1 Å². The third kappa shape index (κ3) is 3.17. The summed E-state index contributed by atoms with van der Waals surface area (Å²) in [7, 11) is 1.09. The lowest BCUT2D eigenvalue weighted by Crippen LogP contribution is -2.06. The maximum Gasteiger partial charge on any atom is 0.340 e. The van der Waals surface area contributed by atoms with Crippen molar-refractivity contribution < 1.29 is 24.0 Å². The minimum Gasteiger partial charge on any atom is -0.465 e. The van der Waals surface area contributed by atoms with Crippen LogP contribution in [-0.2, 0) is 4.74 Å². The summed E-state index contributed by atoms with van der Waals surface area (Å²) < 4.78 is 17.9. The van der Waals surface area contributed by atoms with Crippen molar-refractivity contribution >= 4 is 23.4 Å². The summed E-state index contributed by atoms with van der Waals surface area (Å²) in [4.78, 5) is 21.3. The number of nitro groups is 1. The third-order valence-electron chi connectivity index (χ3n) is 2.00. The smallest absolute Gasteiger partial charge is 0.340 e. The van der Waals surface area contributed by atoms with Crippen LogP contribution in [0.25, 0.3) is 0 Å². The molecule has 0 atom stereocenters. The number of rotatable bonds is 5. The molecule has 0 heterocycles. The van der Waals surface area contributed by atoms with Gasteiger partial charge in [0.25, 0.3) is 5.69 Å². The summed E-state index contributed by atoms with van der Waals surface area (Å²) in [6.45, 7) is -0.188.